The van der Waals surface area contributed by atoms with E-state index in [-0.39, 0.29) is 47.3 Å². The van der Waals surface area contributed by atoms with E-state index in [0.717, 1.165) is 6.07 Å². The van der Waals surface area contributed by atoms with Gasteiger partial charge in [-0.1, -0.05) is 29.4 Å². The molecule has 0 bridgehead atoms. The minimum Gasteiger partial charge on any atom is -0.350 e. The summed E-state index contributed by atoms with van der Waals surface area (Å²) in [7, 11) is 1.83. The number of hydrogen-bond acceptors (Lipinski definition) is 3. The second-order valence-corrected chi connectivity index (χ2v) is 7.25. The molecule has 4 nitrogen and oxygen atoms in total. The summed E-state index contributed by atoms with van der Waals surface area (Å²) in [5.74, 6) is -0.552. The fraction of sp³-hybridized carbons (Fsp3) is 0.222. The molecule has 3 rings (SSSR count). The van der Waals surface area contributed by atoms with Crippen LogP contribution in [-0.4, -0.2) is 34.8 Å². The number of hydrogen-bond donors (Lipinski definition) is 1. The molecule has 1 saturated heterocycles. The number of amides is 1. The lowest BCUT2D eigenvalue weighted by Gasteiger charge is -2.20. The van der Waals surface area contributed by atoms with Crippen molar-refractivity contribution in [1.82, 2.24) is 4.90 Å². The molecule has 0 spiro atoms. The van der Waals surface area contributed by atoms with Crippen LogP contribution in [0.4, 0.5) is 20.2 Å². The number of benzene rings is 2. The van der Waals surface area contributed by atoms with Crippen molar-refractivity contribution in [3.63, 3.8) is 0 Å². The van der Waals surface area contributed by atoms with Crippen molar-refractivity contribution in [3.05, 3.63) is 59.1 Å². The Morgan fingerprint density at radius 3 is 2.81 bits per heavy atom. The van der Waals surface area contributed by atoms with E-state index >= 15 is 0 Å². The first-order chi connectivity index (χ1) is 12.4. The van der Waals surface area contributed by atoms with Gasteiger partial charge in [0.25, 0.3) is 0 Å². The fourth-order valence-electron chi connectivity index (χ4n) is 2.51. The molecule has 1 aliphatic heterocycles. The zero-order valence-corrected chi connectivity index (χ0v) is 16.7. The molecule has 2 aromatic carbocycles. The Hall–Kier alpha value is -1.83. The quantitative estimate of drug-likeness (QED) is 0.731. The topological polar surface area (TPSA) is 44.7 Å². The van der Waals surface area contributed by atoms with Crippen LogP contribution in [0.15, 0.2) is 47.5 Å². The van der Waals surface area contributed by atoms with Crippen molar-refractivity contribution in [2.75, 3.05) is 18.1 Å². The third kappa shape index (κ3) is 5.57. The zero-order chi connectivity index (χ0) is 18.7. The highest BCUT2D eigenvalue weighted by atomic mass is 35.5. The average Bonchev–Trinajstić information content (AvgIpc) is 2.91. The van der Waals surface area contributed by atoms with Crippen molar-refractivity contribution < 1.29 is 13.6 Å². The summed E-state index contributed by atoms with van der Waals surface area (Å²) in [5.41, 5.74) is 0.619. The summed E-state index contributed by atoms with van der Waals surface area (Å²) in [6, 6.07) is 10.0. The highest BCUT2D eigenvalue weighted by Crippen LogP contribution is 2.28. The molecule has 9 heteroatoms. The van der Waals surface area contributed by atoms with E-state index in [2.05, 4.69) is 10.3 Å². The number of aliphatic imine (C=N–C) groups is 1. The van der Waals surface area contributed by atoms with Gasteiger partial charge in [0.05, 0.1) is 11.4 Å². The van der Waals surface area contributed by atoms with Crippen LogP contribution in [0.3, 0.4) is 0 Å². The predicted octanol–water partition coefficient (Wildman–Crippen LogP) is 5.10. The molecule has 2 aromatic rings. The van der Waals surface area contributed by atoms with Crippen molar-refractivity contribution in [2.24, 2.45) is 4.99 Å². The van der Waals surface area contributed by atoms with Crippen molar-refractivity contribution in [3.8, 4) is 0 Å². The normalized spacial score (nSPS) is 17.7. The molecule has 144 valence electrons. The summed E-state index contributed by atoms with van der Waals surface area (Å²) in [5, 5.41) is 3.54. The Morgan fingerprint density at radius 2 is 2.11 bits per heavy atom. The number of nitrogens with one attached hydrogen (secondary N) is 1. The number of thioether (sulfide) groups is 1. The zero-order valence-electron chi connectivity index (χ0n) is 14.3. The molecule has 1 N–H and O–H groups in total. The first-order valence-corrected chi connectivity index (χ1v) is 9.23. The van der Waals surface area contributed by atoms with Gasteiger partial charge in [0.1, 0.15) is 11.6 Å². The van der Waals surface area contributed by atoms with Crippen LogP contribution in [0, 0.1) is 11.6 Å². The summed E-state index contributed by atoms with van der Waals surface area (Å²) in [6.07, 6.45) is 0.188. The molecule has 1 fully saturated rings. The number of halogens is 4. The van der Waals surface area contributed by atoms with E-state index < -0.39 is 5.82 Å². The largest absolute Gasteiger partial charge is 0.350 e. The van der Waals surface area contributed by atoms with Gasteiger partial charge in [0.15, 0.2) is 5.17 Å². The van der Waals surface area contributed by atoms with Crippen LogP contribution in [0.25, 0.3) is 0 Å². The van der Waals surface area contributed by atoms with Crippen LogP contribution < -0.4 is 5.32 Å². The first kappa shape index (κ1) is 21.5. The molecular formula is C18H17Cl2F2N3OS. The van der Waals surface area contributed by atoms with Crippen LogP contribution in [0.1, 0.15) is 6.42 Å². The molecule has 0 saturated carbocycles. The Balaban J connectivity index is 0.00000261. The van der Waals surface area contributed by atoms with E-state index in [0.29, 0.717) is 16.6 Å². The van der Waals surface area contributed by atoms with Crippen molar-refractivity contribution in [1.29, 1.82) is 0 Å². The lowest BCUT2D eigenvalue weighted by molar-refractivity contribution is -0.116. The van der Waals surface area contributed by atoms with Gasteiger partial charge < -0.3 is 10.2 Å². The summed E-state index contributed by atoms with van der Waals surface area (Å²) >= 11 is 7.20. The predicted molar refractivity (Wildman–Crippen MR) is 109 cm³/mol. The number of nitrogens with zero attached hydrogens (tertiary/aromatic N) is 2. The number of carbonyl (C=O) groups is 1. The second-order valence-electron chi connectivity index (χ2n) is 5.83. The monoisotopic (exact) mass is 431 g/mol. The van der Waals surface area contributed by atoms with Gasteiger partial charge in [-0.05, 0) is 36.4 Å². The number of anilines is 1. The first-order valence-electron chi connectivity index (χ1n) is 7.87. The van der Waals surface area contributed by atoms with E-state index in [4.69, 9.17) is 11.6 Å². The van der Waals surface area contributed by atoms with Crippen LogP contribution >= 0.6 is 35.8 Å². The maximum absolute atomic E-state index is 13.8. The fourth-order valence-corrected chi connectivity index (χ4v) is 3.87. The molecule has 0 aliphatic carbocycles. The minimum atomic E-state index is -0.576. The molecule has 1 heterocycles. The van der Waals surface area contributed by atoms with Gasteiger partial charge in [0.2, 0.25) is 5.91 Å². The van der Waals surface area contributed by atoms with E-state index in [9.17, 15) is 13.6 Å². The number of rotatable bonds is 4. The second kappa shape index (κ2) is 9.39. The van der Waals surface area contributed by atoms with Gasteiger partial charge in [-0.3, -0.25) is 4.79 Å². The van der Waals surface area contributed by atoms with Gasteiger partial charge >= 0.3 is 0 Å². The van der Waals surface area contributed by atoms with Crippen molar-refractivity contribution in [2.45, 2.75) is 12.5 Å². The van der Waals surface area contributed by atoms with Gasteiger partial charge in [0, 0.05) is 30.3 Å². The lowest BCUT2D eigenvalue weighted by atomic mass is 10.2. The molecule has 1 aliphatic rings. The van der Waals surface area contributed by atoms with Crippen molar-refractivity contribution >= 4 is 58.2 Å². The summed E-state index contributed by atoms with van der Waals surface area (Å²) in [4.78, 5) is 18.5. The number of carbonyl (C=O) groups excluding carboxylic acids is 1. The summed E-state index contributed by atoms with van der Waals surface area (Å²) < 4.78 is 27.0. The van der Waals surface area contributed by atoms with Crippen LogP contribution in [0.5, 0.6) is 0 Å². The molecule has 1 atom stereocenters. The Labute approximate surface area is 171 Å². The van der Waals surface area contributed by atoms with E-state index in [1.54, 1.807) is 12.1 Å². The molecule has 0 aromatic heterocycles. The Bertz CT molecular complexity index is 866. The van der Waals surface area contributed by atoms with Crippen LogP contribution in [-0.2, 0) is 4.79 Å². The third-order valence-corrected chi connectivity index (χ3v) is 5.34. The molecule has 27 heavy (non-hydrogen) atoms. The van der Waals surface area contributed by atoms with E-state index in [1.807, 2.05) is 11.9 Å². The molecular weight excluding hydrogens is 415 g/mol. The Morgan fingerprint density at radius 1 is 1.33 bits per heavy atom. The molecule has 0 radical (unpaired) electrons. The maximum atomic E-state index is 13.8. The van der Waals surface area contributed by atoms with Gasteiger partial charge in [-0.2, -0.15) is 0 Å². The Kier molecular flexibility index (Phi) is 7.47. The van der Waals surface area contributed by atoms with Crippen LogP contribution in [0.2, 0.25) is 5.02 Å². The minimum absolute atomic E-state index is 0. The molecule has 1 amide bonds. The number of amidine groups is 1. The van der Waals surface area contributed by atoms with Gasteiger partial charge in [-0.25, -0.2) is 13.8 Å². The van der Waals surface area contributed by atoms with E-state index in [1.165, 1.54) is 36.0 Å². The maximum Gasteiger partial charge on any atom is 0.226 e. The molecule has 1 unspecified atom stereocenters. The lowest BCUT2D eigenvalue weighted by Crippen LogP contribution is -2.33. The highest BCUT2D eigenvalue weighted by molar-refractivity contribution is 8.14. The summed E-state index contributed by atoms with van der Waals surface area (Å²) in [6.45, 7) is 0. The SMILES string of the molecule is CN1/C(=N/c2cccc(F)c2)SCC1CC(=O)Nc1ccc(Cl)cc1F.Cl. The third-order valence-electron chi connectivity index (χ3n) is 3.91. The van der Waals surface area contributed by atoms with Gasteiger partial charge in [-0.15, -0.1) is 12.4 Å². The smallest absolute Gasteiger partial charge is 0.226 e. The average molecular weight is 432 g/mol. The highest BCUT2D eigenvalue weighted by Gasteiger charge is 2.29. The standard InChI is InChI=1S/C18H16ClF2N3OS.ClH/c1-24-14(9-17(25)23-16-6-5-11(19)7-15(16)21)10-26-18(24)22-13-4-2-3-12(20)8-13;/h2-8,14H,9-10H2,1H3,(H,23,25);1H/b22-18-;.